The van der Waals surface area contributed by atoms with Crippen LogP contribution in [0.25, 0.3) is 22.0 Å². The van der Waals surface area contributed by atoms with Crippen LogP contribution in [0.5, 0.6) is 11.5 Å². The molecule has 33 heavy (non-hydrogen) atoms. The number of ether oxygens (including phenoxy) is 2. The van der Waals surface area contributed by atoms with E-state index in [1.807, 2.05) is 54.6 Å². The lowest BCUT2D eigenvalue weighted by molar-refractivity contribution is 0.322. The van der Waals surface area contributed by atoms with E-state index in [0.717, 1.165) is 34.4 Å². The van der Waals surface area contributed by atoms with Crippen molar-refractivity contribution in [3.63, 3.8) is 0 Å². The predicted octanol–water partition coefficient (Wildman–Crippen LogP) is 6.31. The van der Waals surface area contributed by atoms with Crippen molar-refractivity contribution in [2.24, 2.45) is 0 Å². The fourth-order valence-corrected chi connectivity index (χ4v) is 4.11. The first-order valence-electron chi connectivity index (χ1n) is 11.0. The zero-order valence-corrected chi connectivity index (χ0v) is 20.0. The zero-order valence-electron chi connectivity index (χ0n) is 19.2. The van der Waals surface area contributed by atoms with E-state index in [1.54, 1.807) is 14.0 Å². The molecular weight excluding hydrogens is 436 g/mol. The normalized spacial score (nSPS) is 11.2. The van der Waals surface area contributed by atoms with Crippen molar-refractivity contribution in [1.82, 2.24) is 9.97 Å². The molecule has 0 unspecified atom stereocenters. The molecule has 5 nitrogen and oxygen atoms in total. The Labute approximate surface area is 198 Å². The molecule has 170 valence electrons. The van der Waals surface area contributed by atoms with Gasteiger partial charge >= 0.3 is 0 Å². The second kappa shape index (κ2) is 9.67. The van der Waals surface area contributed by atoms with E-state index in [4.69, 9.17) is 21.1 Å². The van der Waals surface area contributed by atoms with Crippen molar-refractivity contribution < 1.29 is 9.47 Å². The summed E-state index contributed by atoms with van der Waals surface area (Å²) in [6.45, 7) is 6.53. The Balaban J connectivity index is 1.66. The summed E-state index contributed by atoms with van der Waals surface area (Å²) < 4.78 is 11.3. The molecule has 0 saturated carbocycles. The lowest BCUT2D eigenvalue weighted by atomic mass is 9.91. The average Bonchev–Trinajstić information content (AvgIpc) is 2.79. The molecule has 4 rings (SSSR count). The molecular formula is C27H27ClN2O3. The molecule has 6 heteroatoms. The maximum Gasteiger partial charge on any atom is 0.258 e. The lowest BCUT2D eigenvalue weighted by Crippen LogP contribution is -2.10. The number of benzene rings is 3. The van der Waals surface area contributed by atoms with Crippen molar-refractivity contribution in [2.75, 3.05) is 13.7 Å². The number of aromatic nitrogens is 2. The minimum atomic E-state index is -0.141. The summed E-state index contributed by atoms with van der Waals surface area (Å²) >= 11 is 6.44. The first-order chi connectivity index (χ1) is 15.9. The number of H-pyrrole nitrogens is 1. The van der Waals surface area contributed by atoms with Gasteiger partial charge in [-0.3, -0.25) is 4.79 Å². The largest absolute Gasteiger partial charge is 0.497 e. The molecule has 0 bridgehead atoms. The number of aromatic amines is 1. The Morgan fingerprint density at radius 2 is 1.91 bits per heavy atom. The van der Waals surface area contributed by atoms with Gasteiger partial charge in [0.25, 0.3) is 5.56 Å². The monoisotopic (exact) mass is 462 g/mol. The van der Waals surface area contributed by atoms with Crippen LogP contribution in [0.15, 0.2) is 59.4 Å². The highest BCUT2D eigenvalue weighted by molar-refractivity contribution is 6.32. The number of nitrogens with zero attached hydrogens (tertiary/aromatic N) is 1. The van der Waals surface area contributed by atoms with Crippen molar-refractivity contribution in [2.45, 2.75) is 33.1 Å². The second-order valence-electron chi connectivity index (χ2n) is 8.36. The highest BCUT2D eigenvalue weighted by Gasteiger charge is 2.15. The number of methoxy groups -OCH3 is 1. The van der Waals surface area contributed by atoms with Gasteiger partial charge in [0.15, 0.2) is 0 Å². The van der Waals surface area contributed by atoms with Crippen LogP contribution < -0.4 is 15.0 Å². The van der Waals surface area contributed by atoms with Gasteiger partial charge in [-0.2, -0.15) is 0 Å². The Kier molecular flexibility index (Phi) is 6.70. The van der Waals surface area contributed by atoms with Crippen LogP contribution in [0, 0.1) is 6.92 Å². The van der Waals surface area contributed by atoms with Crippen LogP contribution in [0.4, 0.5) is 0 Å². The van der Waals surface area contributed by atoms with Gasteiger partial charge in [-0.15, -0.1) is 0 Å². The third-order valence-corrected chi connectivity index (χ3v) is 5.95. The Bertz CT molecular complexity index is 1360. The van der Waals surface area contributed by atoms with E-state index < -0.39 is 0 Å². The molecule has 4 aromatic rings. The summed E-state index contributed by atoms with van der Waals surface area (Å²) in [5, 5.41) is 1.11. The van der Waals surface area contributed by atoms with Crippen molar-refractivity contribution in [3.05, 3.63) is 86.9 Å². The topological polar surface area (TPSA) is 64.2 Å². The van der Waals surface area contributed by atoms with Gasteiger partial charge in [0, 0.05) is 6.42 Å². The van der Waals surface area contributed by atoms with Crippen LogP contribution in [0.3, 0.4) is 0 Å². The Morgan fingerprint density at radius 1 is 1.09 bits per heavy atom. The fourth-order valence-electron chi connectivity index (χ4n) is 3.94. The molecule has 1 heterocycles. The average molecular weight is 463 g/mol. The van der Waals surface area contributed by atoms with Crippen molar-refractivity contribution in [3.8, 4) is 22.6 Å². The van der Waals surface area contributed by atoms with Crippen molar-refractivity contribution >= 4 is 22.5 Å². The predicted molar refractivity (Wildman–Crippen MR) is 134 cm³/mol. The summed E-state index contributed by atoms with van der Waals surface area (Å²) in [6.07, 6.45) is 0.728. The number of halogens is 1. The van der Waals surface area contributed by atoms with Crippen LogP contribution in [0.1, 0.15) is 36.7 Å². The minimum absolute atomic E-state index is 0.141. The van der Waals surface area contributed by atoms with E-state index >= 15 is 0 Å². The van der Waals surface area contributed by atoms with Gasteiger partial charge in [-0.1, -0.05) is 43.6 Å². The third kappa shape index (κ3) is 5.04. The zero-order chi connectivity index (χ0) is 23.5. The summed E-state index contributed by atoms with van der Waals surface area (Å²) in [4.78, 5) is 19.9. The van der Waals surface area contributed by atoms with E-state index in [-0.39, 0.29) is 11.5 Å². The molecule has 0 fully saturated rings. The lowest BCUT2D eigenvalue weighted by Gasteiger charge is -2.16. The maximum atomic E-state index is 12.6. The van der Waals surface area contributed by atoms with Crippen LogP contribution >= 0.6 is 11.6 Å². The summed E-state index contributed by atoms with van der Waals surface area (Å²) in [6, 6.07) is 17.6. The summed E-state index contributed by atoms with van der Waals surface area (Å²) in [5.41, 5.74) is 4.72. The number of hydrogen-bond acceptors (Lipinski definition) is 4. The highest BCUT2D eigenvalue weighted by Crippen LogP contribution is 2.36. The molecule has 0 aliphatic carbocycles. The van der Waals surface area contributed by atoms with Crippen LogP contribution in [-0.4, -0.2) is 23.7 Å². The van der Waals surface area contributed by atoms with Crippen molar-refractivity contribution in [1.29, 1.82) is 0 Å². The van der Waals surface area contributed by atoms with E-state index in [0.29, 0.717) is 34.1 Å². The summed E-state index contributed by atoms with van der Waals surface area (Å²) in [7, 11) is 1.66. The number of rotatable bonds is 7. The van der Waals surface area contributed by atoms with E-state index in [2.05, 4.69) is 23.8 Å². The Morgan fingerprint density at radius 3 is 2.67 bits per heavy atom. The summed E-state index contributed by atoms with van der Waals surface area (Å²) in [5.74, 6) is 2.29. The number of nitrogens with one attached hydrogen (secondary N) is 1. The molecule has 0 amide bonds. The first-order valence-corrected chi connectivity index (χ1v) is 11.3. The SMILES string of the molecule is COc1cccc(CCOc2cc(-c3cc4c(=O)[nH]c(C)nc4cc3C(C)C)ccc2Cl)c1. The van der Waals surface area contributed by atoms with Crippen LogP contribution in [-0.2, 0) is 6.42 Å². The van der Waals surface area contributed by atoms with Gasteiger partial charge in [0.05, 0.1) is 29.6 Å². The highest BCUT2D eigenvalue weighted by atomic mass is 35.5. The number of fused-ring (bicyclic) bond motifs is 1. The quantitative estimate of drug-likeness (QED) is 0.349. The molecule has 1 N–H and O–H groups in total. The second-order valence-corrected chi connectivity index (χ2v) is 8.77. The van der Waals surface area contributed by atoms with Gasteiger partial charge in [-0.25, -0.2) is 4.98 Å². The molecule has 0 aliphatic rings. The number of aryl methyl sites for hydroxylation is 1. The maximum absolute atomic E-state index is 12.6. The molecule has 0 spiro atoms. The van der Waals surface area contributed by atoms with E-state index in [9.17, 15) is 4.79 Å². The Hall–Kier alpha value is -3.31. The van der Waals surface area contributed by atoms with Crippen LogP contribution in [0.2, 0.25) is 5.02 Å². The van der Waals surface area contributed by atoms with Gasteiger partial charge in [0.1, 0.15) is 17.3 Å². The van der Waals surface area contributed by atoms with E-state index in [1.165, 1.54) is 0 Å². The molecule has 0 saturated heterocycles. The third-order valence-electron chi connectivity index (χ3n) is 5.64. The van der Waals surface area contributed by atoms with Gasteiger partial charge in [-0.05, 0) is 71.5 Å². The molecule has 1 aromatic heterocycles. The first kappa shape index (κ1) is 22.9. The van der Waals surface area contributed by atoms with Gasteiger partial charge in [0.2, 0.25) is 0 Å². The molecule has 3 aromatic carbocycles. The molecule has 0 aliphatic heterocycles. The molecule has 0 atom stereocenters. The molecule has 0 radical (unpaired) electrons. The van der Waals surface area contributed by atoms with Gasteiger partial charge < -0.3 is 14.5 Å². The standard InChI is InChI=1S/C27H27ClN2O3/c1-16(2)21-15-25-23(27(31)30-17(3)29-25)14-22(21)19-8-9-24(28)26(13-19)33-11-10-18-6-5-7-20(12-18)32-4/h5-9,12-16H,10-11H2,1-4H3,(H,29,30,31). The number of hydrogen-bond donors (Lipinski definition) is 1. The fraction of sp³-hybridized carbons (Fsp3) is 0.259. The smallest absolute Gasteiger partial charge is 0.258 e. The minimum Gasteiger partial charge on any atom is -0.497 e.